The number of carbonyl (C=O) groups is 1. The van der Waals surface area contributed by atoms with Crippen molar-refractivity contribution in [3.63, 3.8) is 0 Å². The smallest absolute Gasteiger partial charge is 0.338 e. The van der Waals surface area contributed by atoms with Crippen LogP contribution in [0.15, 0.2) is 66.1 Å². The molecule has 0 saturated carbocycles. The van der Waals surface area contributed by atoms with Crippen LogP contribution in [0.2, 0.25) is 5.02 Å². The zero-order chi connectivity index (χ0) is 21.8. The Morgan fingerprint density at radius 1 is 1.23 bits per heavy atom. The van der Waals surface area contributed by atoms with Crippen molar-refractivity contribution in [1.82, 2.24) is 14.8 Å². The Bertz CT molecular complexity index is 1110. The first-order valence-electron chi connectivity index (χ1n) is 10.1. The highest BCUT2D eigenvalue weighted by atomic mass is 35.5. The van der Waals surface area contributed by atoms with E-state index < -0.39 is 6.04 Å². The highest BCUT2D eigenvalue weighted by molar-refractivity contribution is 6.30. The van der Waals surface area contributed by atoms with Gasteiger partial charge in [-0.15, -0.1) is 0 Å². The molecule has 4 rings (SSSR count). The Hall–Kier alpha value is -3.32. The van der Waals surface area contributed by atoms with Crippen molar-refractivity contribution in [2.24, 2.45) is 0 Å². The summed E-state index contributed by atoms with van der Waals surface area (Å²) in [6.07, 6.45) is 2.21. The highest BCUT2D eigenvalue weighted by Gasteiger charge is 2.34. The van der Waals surface area contributed by atoms with Gasteiger partial charge >= 0.3 is 5.97 Å². The van der Waals surface area contributed by atoms with Crippen molar-refractivity contribution < 1.29 is 14.3 Å². The second-order valence-corrected chi connectivity index (χ2v) is 7.65. The lowest BCUT2D eigenvalue weighted by Gasteiger charge is -2.28. The Labute approximate surface area is 185 Å². The number of esters is 1. The first-order valence-corrected chi connectivity index (χ1v) is 10.5. The van der Waals surface area contributed by atoms with E-state index in [1.807, 2.05) is 62.4 Å². The molecule has 2 aromatic carbocycles. The minimum Gasteiger partial charge on any atom is -0.489 e. The van der Waals surface area contributed by atoms with Crippen LogP contribution in [0.1, 0.15) is 37.4 Å². The number of nitrogens with zero attached hydrogens (tertiary/aromatic N) is 3. The fourth-order valence-electron chi connectivity index (χ4n) is 3.46. The fourth-order valence-corrected chi connectivity index (χ4v) is 3.58. The molecule has 1 aliphatic rings. The molecule has 7 nitrogen and oxygen atoms in total. The normalized spacial score (nSPS) is 15.3. The summed E-state index contributed by atoms with van der Waals surface area (Å²) in [6.45, 7) is 4.56. The third-order valence-electron chi connectivity index (χ3n) is 4.94. The maximum absolute atomic E-state index is 12.9. The predicted octanol–water partition coefficient (Wildman–Crippen LogP) is 4.75. The highest BCUT2D eigenvalue weighted by Crippen LogP contribution is 2.36. The predicted molar refractivity (Wildman–Crippen MR) is 118 cm³/mol. The van der Waals surface area contributed by atoms with Crippen molar-refractivity contribution in [3.05, 3.63) is 82.3 Å². The van der Waals surface area contributed by atoms with Gasteiger partial charge in [0.25, 0.3) is 0 Å². The van der Waals surface area contributed by atoms with E-state index in [4.69, 9.17) is 21.1 Å². The lowest BCUT2D eigenvalue weighted by atomic mass is 9.95. The zero-order valence-corrected chi connectivity index (χ0v) is 18.1. The van der Waals surface area contributed by atoms with E-state index in [-0.39, 0.29) is 5.97 Å². The number of allylic oxidation sites excluding steroid dienone is 1. The molecule has 8 heteroatoms. The molecule has 0 spiro atoms. The summed E-state index contributed by atoms with van der Waals surface area (Å²) < 4.78 is 13.1. The van der Waals surface area contributed by atoms with Crippen LogP contribution in [-0.4, -0.2) is 27.3 Å². The van der Waals surface area contributed by atoms with E-state index in [9.17, 15) is 4.79 Å². The molecule has 1 aliphatic heterocycles. The van der Waals surface area contributed by atoms with Crippen molar-refractivity contribution >= 4 is 23.5 Å². The van der Waals surface area contributed by atoms with Gasteiger partial charge < -0.3 is 14.8 Å². The number of ether oxygens (including phenoxy) is 2. The first kappa shape index (κ1) is 20.9. The van der Waals surface area contributed by atoms with Gasteiger partial charge in [-0.1, -0.05) is 42.8 Å². The number of anilines is 1. The molecule has 31 heavy (non-hydrogen) atoms. The van der Waals surface area contributed by atoms with Crippen molar-refractivity contribution in [3.8, 4) is 5.75 Å². The Balaban J connectivity index is 1.63. The molecule has 0 amide bonds. The first-order chi connectivity index (χ1) is 15.1. The number of carbonyl (C=O) groups excluding carboxylic acids is 1. The van der Waals surface area contributed by atoms with Crippen molar-refractivity contribution in [2.45, 2.75) is 32.9 Å². The molecular weight excluding hydrogens is 416 g/mol. The molecule has 0 radical (unpaired) electrons. The fraction of sp³-hybridized carbons (Fsp3) is 0.261. The van der Waals surface area contributed by atoms with Gasteiger partial charge in [0, 0.05) is 10.7 Å². The van der Waals surface area contributed by atoms with Crippen LogP contribution in [0, 0.1) is 0 Å². The van der Waals surface area contributed by atoms with Crippen LogP contribution in [-0.2, 0) is 16.1 Å². The number of nitrogens with one attached hydrogen (secondary N) is 1. The van der Waals surface area contributed by atoms with Crippen LogP contribution in [0.4, 0.5) is 5.95 Å². The number of hydrogen-bond donors (Lipinski definition) is 1. The van der Waals surface area contributed by atoms with Crippen LogP contribution in [0.25, 0.3) is 0 Å². The maximum Gasteiger partial charge on any atom is 0.338 e. The quantitative estimate of drug-likeness (QED) is 0.536. The number of aromatic nitrogens is 3. The average molecular weight is 439 g/mol. The van der Waals surface area contributed by atoms with E-state index in [1.165, 1.54) is 6.33 Å². The standard InChI is InChI=1S/C23H23ClN4O3/c1-3-11-30-22(29)20-15(2)27-23-25-14-26-28(23)21(20)17-5-4-6-19(12-17)31-13-16-7-9-18(24)10-8-16/h4-10,12,14,21H,3,11,13H2,1-2H3,(H,25,26,27). The number of halogens is 1. The van der Waals surface area contributed by atoms with Gasteiger partial charge in [0.15, 0.2) is 0 Å². The topological polar surface area (TPSA) is 78.3 Å². The van der Waals surface area contributed by atoms with Crippen molar-refractivity contribution in [2.75, 3.05) is 11.9 Å². The number of rotatable bonds is 7. The Kier molecular flexibility index (Phi) is 6.23. The lowest BCUT2D eigenvalue weighted by molar-refractivity contribution is -0.139. The second-order valence-electron chi connectivity index (χ2n) is 7.22. The molecule has 1 unspecified atom stereocenters. The van der Waals surface area contributed by atoms with Crippen LogP contribution in [0.5, 0.6) is 5.75 Å². The molecule has 160 valence electrons. The van der Waals surface area contributed by atoms with Crippen LogP contribution >= 0.6 is 11.6 Å². The van der Waals surface area contributed by atoms with Gasteiger partial charge in [-0.2, -0.15) is 10.1 Å². The number of benzene rings is 2. The van der Waals surface area contributed by atoms with E-state index >= 15 is 0 Å². The zero-order valence-electron chi connectivity index (χ0n) is 17.3. The Morgan fingerprint density at radius 2 is 2.03 bits per heavy atom. The molecule has 0 aliphatic carbocycles. The van der Waals surface area contributed by atoms with Gasteiger partial charge in [-0.25, -0.2) is 9.48 Å². The third-order valence-corrected chi connectivity index (χ3v) is 5.20. The van der Waals surface area contributed by atoms with Crippen LogP contribution < -0.4 is 10.1 Å². The van der Waals surface area contributed by atoms with Crippen LogP contribution in [0.3, 0.4) is 0 Å². The molecule has 0 bridgehead atoms. The van der Waals surface area contributed by atoms with Gasteiger partial charge in [0.05, 0.1) is 12.2 Å². The molecule has 3 aromatic rings. The monoisotopic (exact) mass is 438 g/mol. The summed E-state index contributed by atoms with van der Waals surface area (Å²) >= 11 is 5.95. The van der Waals surface area contributed by atoms with E-state index in [0.717, 1.165) is 17.5 Å². The molecule has 0 fully saturated rings. The van der Waals surface area contributed by atoms with Crippen molar-refractivity contribution in [1.29, 1.82) is 0 Å². The largest absolute Gasteiger partial charge is 0.489 e. The number of hydrogen-bond acceptors (Lipinski definition) is 6. The second kappa shape index (κ2) is 9.22. The summed E-state index contributed by atoms with van der Waals surface area (Å²) in [5, 5.41) is 8.17. The SMILES string of the molecule is CCCOC(=O)C1=C(C)Nc2ncnn2C1c1cccc(OCc2ccc(Cl)cc2)c1. The number of fused-ring (bicyclic) bond motifs is 1. The average Bonchev–Trinajstić information content (AvgIpc) is 3.24. The minimum atomic E-state index is -0.470. The van der Waals surface area contributed by atoms with E-state index in [1.54, 1.807) is 4.68 Å². The van der Waals surface area contributed by atoms with Gasteiger partial charge in [0.1, 0.15) is 24.7 Å². The third kappa shape index (κ3) is 4.56. The summed E-state index contributed by atoms with van der Waals surface area (Å²) in [5.74, 6) is 0.888. The molecular formula is C23H23ClN4O3. The molecule has 2 heterocycles. The molecule has 0 saturated heterocycles. The van der Waals surface area contributed by atoms with E-state index in [2.05, 4.69) is 15.4 Å². The van der Waals surface area contributed by atoms with Gasteiger partial charge in [-0.05, 0) is 48.7 Å². The summed E-state index contributed by atoms with van der Waals surface area (Å²) in [4.78, 5) is 17.1. The summed E-state index contributed by atoms with van der Waals surface area (Å²) in [7, 11) is 0. The lowest BCUT2D eigenvalue weighted by Crippen LogP contribution is -2.29. The maximum atomic E-state index is 12.9. The molecule has 1 atom stereocenters. The van der Waals surface area contributed by atoms with Gasteiger partial charge in [0.2, 0.25) is 5.95 Å². The van der Waals surface area contributed by atoms with Gasteiger partial charge in [-0.3, -0.25) is 0 Å². The summed E-state index contributed by atoms with van der Waals surface area (Å²) in [5.41, 5.74) is 3.06. The summed E-state index contributed by atoms with van der Waals surface area (Å²) in [6, 6.07) is 14.7. The minimum absolute atomic E-state index is 0.358. The molecule has 1 N–H and O–H groups in total. The Morgan fingerprint density at radius 3 is 2.81 bits per heavy atom. The molecule has 1 aromatic heterocycles. The van der Waals surface area contributed by atoms with E-state index in [0.29, 0.717) is 41.2 Å².